The Labute approximate surface area is 126 Å². The smallest absolute Gasteiger partial charge is 0.306 e. The number of ether oxygens (including phenoxy) is 1. The van der Waals surface area contributed by atoms with Crippen molar-refractivity contribution >= 4 is 17.7 Å². The van der Waals surface area contributed by atoms with Gasteiger partial charge in [-0.1, -0.05) is 12.1 Å². The number of benzene rings is 1. The van der Waals surface area contributed by atoms with Crippen LogP contribution in [0.3, 0.4) is 0 Å². The molecule has 0 N–H and O–H groups in total. The molecule has 0 aliphatic heterocycles. The lowest BCUT2D eigenvalue weighted by Gasteiger charge is -2.02. The van der Waals surface area contributed by atoms with Crippen LogP contribution in [0.5, 0.6) is 0 Å². The van der Waals surface area contributed by atoms with E-state index in [2.05, 4.69) is 4.98 Å². The molecule has 0 atom stereocenters. The van der Waals surface area contributed by atoms with E-state index in [0.29, 0.717) is 30.2 Å². The van der Waals surface area contributed by atoms with Gasteiger partial charge in [-0.2, -0.15) is 11.8 Å². The molecule has 6 heteroatoms. The standard InChI is InChI=1S/C15H16FNO3S/c1-21-9-8-19-15(18)7-6-14-17-10-13(20-14)11-4-2-3-5-12(11)16/h2-5,10H,6-9H2,1H3. The molecule has 1 aromatic carbocycles. The van der Waals surface area contributed by atoms with Crippen molar-refractivity contribution in [2.75, 3.05) is 18.6 Å². The largest absolute Gasteiger partial charge is 0.465 e. The lowest BCUT2D eigenvalue weighted by Crippen LogP contribution is -2.08. The van der Waals surface area contributed by atoms with Gasteiger partial charge in [-0.05, 0) is 18.4 Å². The number of aryl methyl sites for hydroxylation is 1. The molecule has 0 bridgehead atoms. The minimum atomic E-state index is -0.364. The highest BCUT2D eigenvalue weighted by Crippen LogP contribution is 2.23. The molecule has 0 unspecified atom stereocenters. The first-order valence-corrected chi connectivity index (χ1v) is 7.94. The van der Waals surface area contributed by atoms with Gasteiger partial charge in [0.15, 0.2) is 11.7 Å². The average molecular weight is 309 g/mol. The zero-order valence-electron chi connectivity index (χ0n) is 11.7. The number of thioether (sulfide) groups is 1. The minimum absolute atomic E-state index is 0.200. The number of rotatable bonds is 7. The van der Waals surface area contributed by atoms with Crippen LogP contribution in [-0.2, 0) is 16.0 Å². The van der Waals surface area contributed by atoms with Crippen molar-refractivity contribution < 1.29 is 18.3 Å². The molecule has 0 saturated heterocycles. The molecule has 21 heavy (non-hydrogen) atoms. The van der Waals surface area contributed by atoms with Crippen LogP contribution in [0, 0.1) is 5.82 Å². The van der Waals surface area contributed by atoms with Gasteiger partial charge in [-0.15, -0.1) is 0 Å². The maximum Gasteiger partial charge on any atom is 0.306 e. The van der Waals surface area contributed by atoms with E-state index in [0.717, 1.165) is 5.75 Å². The summed E-state index contributed by atoms with van der Waals surface area (Å²) >= 11 is 1.62. The molecule has 0 radical (unpaired) electrons. The fraction of sp³-hybridized carbons (Fsp3) is 0.333. The summed E-state index contributed by atoms with van der Waals surface area (Å²) in [6.45, 7) is 0.409. The number of carbonyl (C=O) groups is 1. The summed E-state index contributed by atoms with van der Waals surface area (Å²) in [5.41, 5.74) is 0.360. The third-order valence-corrected chi connectivity index (χ3v) is 3.36. The Balaban J connectivity index is 1.89. The summed E-state index contributed by atoms with van der Waals surface area (Å²) < 4.78 is 24.1. The summed E-state index contributed by atoms with van der Waals surface area (Å²) in [5, 5.41) is 0. The number of oxazole rings is 1. The van der Waals surface area contributed by atoms with Crippen LogP contribution >= 0.6 is 11.8 Å². The molecule has 4 nitrogen and oxygen atoms in total. The van der Waals surface area contributed by atoms with E-state index in [4.69, 9.17) is 9.15 Å². The number of halogens is 1. The molecule has 0 aliphatic carbocycles. The molecule has 0 aliphatic rings. The third kappa shape index (κ3) is 4.60. The highest BCUT2D eigenvalue weighted by Gasteiger charge is 2.12. The van der Waals surface area contributed by atoms with Crippen molar-refractivity contribution in [2.45, 2.75) is 12.8 Å². The van der Waals surface area contributed by atoms with Crippen LogP contribution in [0.4, 0.5) is 4.39 Å². The fourth-order valence-corrected chi connectivity index (χ4v) is 1.98. The van der Waals surface area contributed by atoms with Crippen molar-refractivity contribution in [3.05, 3.63) is 42.2 Å². The van der Waals surface area contributed by atoms with Gasteiger partial charge in [0.05, 0.1) is 18.2 Å². The topological polar surface area (TPSA) is 52.3 Å². The monoisotopic (exact) mass is 309 g/mol. The van der Waals surface area contributed by atoms with E-state index in [1.54, 1.807) is 30.0 Å². The molecule has 0 saturated carbocycles. The van der Waals surface area contributed by atoms with Crippen molar-refractivity contribution in [1.29, 1.82) is 0 Å². The first-order valence-electron chi connectivity index (χ1n) is 6.55. The second-order valence-electron chi connectivity index (χ2n) is 4.31. The van der Waals surface area contributed by atoms with E-state index in [1.165, 1.54) is 12.3 Å². The SMILES string of the molecule is CSCCOC(=O)CCc1ncc(-c2ccccc2F)o1. The second-order valence-corrected chi connectivity index (χ2v) is 5.30. The van der Waals surface area contributed by atoms with Gasteiger partial charge in [0.25, 0.3) is 0 Å². The predicted molar refractivity (Wildman–Crippen MR) is 79.6 cm³/mol. The number of nitrogens with zero attached hydrogens (tertiary/aromatic N) is 1. The van der Waals surface area contributed by atoms with Gasteiger partial charge < -0.3 is 9.15 Å². The average Bonchev–Trinajstić information content (AvgIpc) is 2.94. The minimum Gasteiger partial charge on any atom is -0.465 e. The van der Waals surface area contributed by atoms with Crippen LogP contribution in [0.25, 0.3) is 11.3 Å². The van der Waals surface area contributed by atoms with Crippen molar-refractivity contribution in [1.82, 2.24) is 4.98 Å². The van der Waals surface area contributed by atoms with E-state index < -0.39 is 0 Å². The van der Waals surface area contributed by atoms with Crippen LogP contribution in [0.15, 0.2) is 34.9 Å². The van der Waals surface area contributed by atoms with Gasteiger partial charge >= 0.3 is 5.97 Å². The van der Waals surface area contributed by atoms with Gasteiger partial charge in [0.1, 0.15) is 12.4 Å². The van der Waals surface area contributed by atoms with Crippen LogP contribution in [0.1, 0.15) is 12.3 Å². The highest BCUT2D eigenvalue weighted by atomic mass is 32.2. The molecular weight excluding hydrogens is 293 g/mol. The fourth-order valence-electron chi connectivity index (χ4n) is 1.73. The summed E-state index contributed by atoms with van der Waals surface area (Å²) in [6.07, 6.45) is 3.95. The molecule has 2 rings (SSSR count). The van der Waals surface area contributed by atoms with Gasteiger partial charge in [0, 0.05) is 12.2 Å². The molecule has 0 amide bonds. The number of hydrogen-bond acceptors (Lipinski definition) is 5. The first-order chi connectivity index (χ1) is 10.2. The molecule has 1 heterocycles. The van der Waals surface area contributed by atoms with Crippen LogP contribution in [0.2, 0.25) is 0 Å². The Kier molecular flexibility index (Phi) is 5.80. The molecule has 0 fully saturated rings. The Morgan fingerprint density at radius 2 is 2.24 bits per heavy atom. The maximum absolute atomic E-state index is 13.6. The van der Waals surface area contributed by atoms with Gasteiger partial charge in [-0.3, -0.25) is 4.79 Å². The summed E-state index contributed by atoms with van der Waals surface area (Å²) in [7, 11) is 0. The third-order valence-electron chi connectivity index (χ3n) is 2.79. The Hall–Kier alpha value is -1.82. The molecule has 0 spiro atoms. The van der Waals surface area contributed by atoms with Crippen LogP contribution in [-0.4, -0.2) is 29.6 Å². The van der Waals surface area contributed by atoms with E-state index in [1.807, 2.05) is 6.26 Å². The second kappa shape index (κ2) is 7.83. The zero-order chi connectivity index (χ0) is 15.1. The van der Waals surface area contributed by atoms with Crippen LogP contribution < -0.4 is 0 Å². The molecule has 1 aromatic heterocycles. The molecule has 2 aromatic rings. The van der Waals surface area contributed by atoms with E-state index in [9.17, 15) is 9.18 Å². The summed E-state index contributed by atoms with van der Waals surface area (Å²) in [6, 6.07) is 6.32. The van der Waals surface area contributed by atoms with E-state index in [-0.39, 0.29) is 18.2 Å². The lowest BCUT2D eigenvalue weighted by molar-refractivity contribution is -0.143. The number of esters is 1. The van der Waals surface area contributed by atoms with Gasteiger partial charge in [-0.25, -0.2) is 9.37 Å². The maximum atomic E-state index is 13.6. The van der Waals surface area contributed by atoms with Crippen molar-refractivity contribution in [3.63, 3.8) is 0 Å². The van der Waals surface area contributed by atoms with Crippen molar-refractivity contribution in [3.8, 4) is 11.3 Å². The Morgan fingerprint density at radius 1 is 1.43 bits per heavy atom. The lowest BCUT2D eigenvalue weighted by atomic mass is 10.2. The Bertz CT molecular complexity index is 600. The Morgan fingerprint density at radius 3 is 3.00 bits per heavy atom. The molecule has 112 valence electrons. The number of hydrogen-bond donors (Lipinski definition) is 0. The zero-order valence-corrected chi connectivity index (χ0v) is 12.5. The predicted octanol–water partition coefficient (Wildman–Crippen LogP) is 3.32. The quantitative estimate of drug-likeness (QED) is 0.580. The number of carbonyl (C=O) groups excluding carboxylic acids is 1. The summed E-state index contributed by atoms with van der Waals surface area (Å²) in [4.78, 5) is 15.5. The van der Waals surface area contributed by atoms with E-state index >= 15 is 0 Å². The first kappa shape index (κ1) is 15.6. The number of aromatic nitrogens is 1. The molecular formula is C15H16FNO3S. The highest BCUT2D eigenvalue weighted by molar-refractivity contribution is 7.98. The van der Waals surface area contributed by atoms with Gasteiger partial charge in [0.2, 0.25) is 0 Å². The summed E-state index contributed by atoms with van der Waals surface area (Å²) in [5.74, 6) is 0.891. The normalized spacial score (nSPS) is 10.6. The van der Waals surface area contributed by atoms with Crippen molar-refractivity contribution in [2.24, 2.45) is 0 Å².